The molecule has 0 atom stereocenters. The summed E-state index contributed by atoms with van der Waals surface area (Å²) in [5.74, 6) is 0. The van der Waals surface area contributed by atoms with Gasteiger partial charge in [-0.05, 0) is 24.5 Å². The number of methoxy groups -OCH3 is 1. The summed E-state index contributed by atoms with van der Waals surface area (Å²) in [5.41, 5.74) is 1.24. The van der Waals surface area contributed by atoms with Crippen molar-refractivity contribution in [2.75, 3.05) is 7.11 Å². The van der Waals surface area contributed by atoms with E-state index in [1.165, 1.54) is 12.0 Å². The molecule has 0 aliphatic heterocycles. The fourth-order valence-corrected chi connectivity index (χ4v) is 0.904. The van der Waals surface area contributed by atoms with Gasteiger partial charge in [0.25, 0.3) is 0 Å². The van der Waals surface area contributed by atoms with Gasteiger partial charge in [-0.3, -0.25) is 0 Å². The Morgan fingerprint density at radius 2 is 2.40 bits per heavy atom. The average molecular weight is 136 g/mol. The van der Waals surface area contributed by atoms with Crippen molar-refractivity contribution < 1.29 is 4.74 Å². The number of hydrogen-bond donors (Lipinski definition) is 0. The Bertz CT molecular complexity index is 175. The smallest absolute Gasteiger partial charge is 0.0830 e. The maximum atomic E-state index is 4.79. The van der Waals surface area contributed by atoms with Crippen LogP contribution in [0.2, 0.25) is 0 Å². The van der Waals surface area contributed by atoms with Crippen LogP contribution in [0.4, 0.5) is 0 Å². The largest absolute Gasteiger partial charge is 0.504 e. The Labute approximate surface area is 61.7 Å². The van der Waals surface area contributed by atoms with Crippen molar-refractivity contribution in [3.8, 4) is 0 Å². The summed E-state index contributed by atoms with van der Waals surface area (Å²) >= 11 is 0. The van der Waals surface area contributed by atoms with Crippen molar-refractivity contribution in [2.45, 2.75) is 12.8 Å². The number of hydrogen-bond acceptors (Lipinski definition) is 1. The summed E-state index contributed by atoms with van der Waals surface area (Å²) < 4.78 is 4.79. The molecule has 0 aromatic heterocycles. The van der Waals surface area contributed by atoms with Gasteiger partial charge in [-0.25, -0.2) is 0 Å². The van der Waals surface area contributed by atoms with Gasteiger partial charge in [-0.2, -0.15) is 0 Å². The van der Waals surface area contributed by atoms with Crippen LogP contribution >= 0.6 is 0 Å². The molecule has 1 rings (SSSR count). The van der Waals surface area contributed by atoms with E-state index < -0.39 is 0 Å². The van der Waals surface area contributed by atoms with Gasteiger partial charge < -0.3 is 4.74 Å². The lowest BCUT2D eigenvalue weighted by Crippen LogP contribution is -1.80. The van der Waals surface area contributed by atoms with Gasteiger partial charge in [0.05, 0.1) is 13.4 Å². The molecule has 0 aromatic rings. The summed E-state index contributed by atoms with van der Waals surface area (Å²) in [4.78, 5) is 0. The lowest BCUT2D eigenvalue weighted by atomic mass is 10.1. The minimum atomic E-state index is 1.15. The Morgan fingerprint density at radius 3 is 3.00 bits per heavy atom. The predicted molar refractivity (Wildman–Crippen MR) is 42.6 cm³/mol. The van der Waals surface area contributed by atoms with Crippen LogP contribution in [0.15, 0.2) is 36.1 Å². The lowest BCUT2D eigenvalue weighted by molar-refractivity contribution is 0.338. The van der Waals surface area contributed by atoms with Crippen molar-refractivity contribution in [1.29, 1.82) is 0 Å². The summed E-state index contributed by atoms with van der Waals surface area (Å²) in [6.07, 6.45) is 12.5. The Kier molecular flexibility index (Phi) is 2.81. The van der Waals surface area contributed by atoms with Crippen LogP contribution in [0, 0.1) is 0 Å². The van der Waals surface area contributed by atoms with Crippen LogP contribution in [0.3, 0.4) is 0 Å². The third-order valence-electron chi connectivity index (χ3n) is 1.42. The molecule has 10 heavy (non-hydrogen) atoms. The highest BCUT2D eigenvalue weighted by Crippen LogP contribution is 2.09. The molecule has 0 spiro atoms. The minimum Gasteiger partial charge on any atom is -0.504 e. The minimum absolute atomic E-state index is 1.15. The summed E-state index contributed by atoms with van der Waals surface area (Å²) in [7, 11) is 1.66. The van der Waals surface area contributed by atoms with Gasteiger partial charge in [0.15, 0.2) is 0 Å². The first-order valence-electron chi connectivity index (χ1n) is 3.49. The third-order valence-corrected chi connectivity index (χ3v) is 1.42. The zero-order chi connectivity index (χ0) is 7.23. The summed E-state index contributed by atoms with van der Waals surface area (Å²) in [5, 5.41) is 0. The fraction of sp³-hybridized carbons (Fsp3) is 0.333. The van der Waals surface area contributed by atoms with E-state index in [2.05, 4.69) is 18.2 Å². The molecule has 54 valence electrons. The van der Waals surface area contributed by atoms with Crippen LogP contribution < -0.4 is 0 Å². The Morgan fingerprint density at radius 1 is 1.50 bits per heavy atom. The highest BCUT2D eigenvalue weighted by molar-refractivity contribution is 5.31. The molecule has 1 heteroatoms. The van der Waals surface area contributed by atoms with E-state index in [1.54, 1.807) is 13.4 Å². The third kappa shape index (κ3) is 2.09. The average Bonchev–Trinajstić information content (AvgIpc) is 2.03. The fourth-order valence-electron chi connectivity index (χ4n) is 0.904. The maximum absolute atomic E-state index is 4.79. The molecule has 1 nitrogen and oxygen atoms in total. The molecule has 0 bridgehead atoms. The van der Waals surface area contributed by atoms with E-state index in [1.807, 2.05) is 6.08 Å². The predicted octanol–water partition coefficient (Wildman–Crippen LogP) is 2.42. The van der Waals surface area contributed by atoms with Gasteiger partial charge in [-0.15, -0.1) is 0 Å². The number of ether oxygens (including phenoxy) is 1. The first kappa shape index (κ1) is 7.13. The zero-order valence-electron chi connectivity index (χ0n) is 6.21. The molecule has 0 saturated carbocycles. The Hall–Kier alpha value is -0.980. The van der Waals surface area contributed by atoms with Gasteiger partial charge in [0.1, 0.15) is 0 Å². The molecular formula is C9H12O. The molecule has 0 N–H and O–H groups in total. The van der Waals surface area contributed by atoms with Gasteiger partial charge in [0.2, 0.25) is 0 Å². The molecule has 0 fully saturated rings. The zero-order valence-corrected chi connectivity index (χ0v) is 6.21. The van der Waals surface area contributed by atoms with Crippen LogP contribution in [-0.2, 0) is 4.74 Å². The van der Waals surface area contributed by atoms with Gasteiger partial charge in [-0.1, -0.05) is 18.2 Å². The molecule has 0 heterocycles. The maximum Gasteiger partial charge on any atom is 0.0830 e. The molecular weight excluding hydrogens is 124 g/mol. The quantitative estimate of drug-likeness (QED) is 0.530. The van der Waals surface area contributed by atoms with Gasteiger partial charge in [0, 0.05) is 0 Å². The van der Waals surface area contributed by atoms with Crippen molar-refractivity contribution in [2.24, 2.45) is 0 Å². The molecule has 0 unspecified atom stereocenters. The second kappa shape index (κ2) is 3.94. The SMILES string of the molecule is CO/C=C/C1=CCCC=C1. The highest BCUT2D eigenvalue weighted by Gasteiger charge is 1.90. The van der Waals surface area contributed by atoms with E-state index >= 15 is 0 Å². The summed E-state index contributed by atoms with van der Waals surface area (Å²) in [6, 6.07) is 0. The molecule has 0 amide bonds. The van der Waals surface area contributed by atoms with Crippen LogP contribution in [0.1, 0.15) is 12.8 Å². The van der Waals surface area contributed by atoms with E-state index in [-0.39, 0.29) is 0 Å². The van der Waals surface area contributed by atoms with Crippen LogP contribution in [0.25, 0.3) is 0 Å². The number of allylic oxidation sites excluding steroid dienone is 5. The molecule has 0 aromatic carbocycles. The van der Waals surface area contributed by atoms with Crippen molar-refractivity contribution in [3.05, 3.63) is 36.1 Å². The highest BCUT2D eigenvalue weighted by atomic mass is 16.5. The first-order chi connectivity index (χ1) is 4.93. The van der Waals surface area contributed by atoms with Crippen LogP contribution in [-0.4, -0.2) is 7.11 Å². The van der Waals surface area contributed by atoms with E-state index in [0.717, 1.165) is 6.42 Å². The number of rotatable bonds is 2. The second-order valence-corrected chi connectivity index (χ2v) is 2.22. The second-order valence-electron chi connectivity index (χ2n) is 2.22. The lowest BCUT2D eigenvalue weighted by Gasteiger charge is -1.99. The monoisotopic (exact) mass is 136 g/mol. The normalized spacial score (nSPS) is 17.5. The first-order valence-corrected chi connectivity index (χ1v) is 3.49. The van der Waals surface area contributed by atoms with Crippen molar-refractivity contribution in [1.82, 2.24) is 0 Å². The topological polar surface area (TPSA) is 9.23 Å². The van der Waals surface area contributed by atoms with Gasteiger partial charge >= 0.3 is 0 Å². The Balaban J connectivity index is 2.47. The van der Waals surface area contributed by atoms with Crippen LogP contribution in [0.5, 0.6) is 0 Å². The standard InChI is InChI=1S/C9H12O/c1-10-8-7-9-5-3-2-4-6-9/h3,5-8H,2,4H2,1H3/b8-7+. The van der Waals surface area contributed by atoms with Crippen molar-refractivity contribution in [3.63, 3.8) is 0 Å². The molecule has 0 radical (unpaired) electrons. The summed E-state index contributed by atoms with van der Waals surface area (Å²) in [6.45, 7) is 0. The van der Waals surface area contributed by atoms with E-state index in [9.17, 15) is 0 Å². The molecule has 0 saturated heterocycles. The van der Waals surface area contributed by atoms with E-state index in [4.69, 9.17) is 4.74 Å². The van der Waals surface area contributed by atoms with Crippen molar-refractivity contribution >= 4 is 0 Å². The molecule has 1 aliphatic rings. The molecule has 1 aliphatic carbocycles. The van der Waals surface area contributed by atoms with E-state index in [0.29, 0.717) is 0 Å².